The van der Waals surface area contributed by atoms with E-state index in [9.17, 15) is 27.6 Å². The molecule has 3 fully saturated rings. The molecule has 2 unspecified atom stereocenters. The normalized spacial score (nSPS) is 22.6. The molecule has 3 aliphatic rings. The van der Waals surface area contributed by atoms with Crippen LogP contribution < -0.4 is 24.8 Å². The lowest BCUT2D eigenvalue weighted by atomic mass is 9.85. The minimum Gasteiger partial charge on any atom is -0.494 e. The molecular weight excluding hydrogens is 774 g/mol. The van der Waals surface area contributed by atoms with Crippen molar-refractivity contribution in [2.75, 3.05) is 19.0 Å². The molecule has 2 heterocycles. The van der Waals surface area contributed by atoms with Gasteiger partial charge >= 0.3 is 5.97 Å². The van der Waals surface area contributed by atoms with Gasteiger partial charge < -0.3 is 29.7 Å². The monoisotopic (exact) mass is 823 g/mol. The van der Waals surface area contributed by atoms with Gasteiger partial charge in [0.15, 0.2) is 0 Å². The van der Waals surface area contributed by atoms with Crippen molar-refractivity contribution in [3.63, 3.8) is 0 Å². The van der Waals surface area contributed by atoms with Crippen LogP contribution in [0.5, 0.6) is 11.6 Å². The summed E-state index contributed by atoms with van der Waals surface area (Å²) < 4.78 is 45.2. The van der Waals surface area contributed by atoms with E-state index in [0.717, 1.165) is 0 Å². The minimum atomic E-state index is -3.92. The number of nitrogens with zero attached hydrogens (tertiary/aromatic N) is 2. The van der Waals surface area contributed by atoms with Crippen molar-refractivity contribution < 1.29 is 41.8 Å². The highest BCUT2D eigenvalue weighted by atomic mass is 35.5. The first-order valence-corrected chi connectivity index (χ1v) is 20.8. The van der Waals surface area contributed by atoms with E-state index in [1.165, 1.54) is 24.3 Å². The summed E-state index contributed by atoms with van der Waals surface area (Å²) in [5, 5.41) is 7.16. The molecule has 1 aromatic heterocycles. The number of nitrogens with one attached hydrogen (secondary N) is 3. The lowest BCUT2D eigenvalue weighted by molar-refractivity contribution is -0.141. The van der Waals surface area contributed by atoms with E-state index in [1.807, 2.05) is 20.8 Å². The fourth-order valence-corrected chi connectivity index (χ4v) is 8.56. The number of likely N-dealkylation sites (tertiary alicyclic amines) is 1. The van der Waals surface area contributed by atoms with Gasteiger partial charge in [-0.2, -0.15) is 0 Å². The van der Waals surface area contributed by atoms with Crippen molar-refractivity contribution in [3.8, 4) is 11.6 Å². The fraction of sp³-hybridized carbons (Fsp3) is 0.488. The van der Waals surface area contributed by atoms with Crippen LogP contribution in [0.25, 0.3) is 10.8 Å². The summed E-state index contributed by atoms with van der Waals surface area (Å²) in [6.07, 6.45) is 3.31. The Balaban J connectivity index is 1.32. The van der Waals surface area contributed by atoms with Gasteiger partial charge in [0.25, 0.3) is 5.91 Å². The number of anilines is 1. The lowest BCUT2D eigenvalue weighted by Crippen LogP contribution is -2.58. The molecule has 57 heavy (non-hydrogen) atoms. The van der Waals surface area contributed by atoms with Gasteiger partial charge in [-0.15, -0.1) is 6.58 Å². The summed E-state index contributed by atoms with van der Waals surface area (Å²) >= 11 is 6.37. The Morgan fingerprint density at radius 1 is 1.05 bits per heavy atom. The van der Waals surface area contributed by atoms with Gasteiger partial charge in [0.2, 0.25) is 27.7 Å². The largest absolute Gasteiger partial charge is 0.494 e. The summed E-state index contributed by atoms with van der Waals surface area (Å²) in [6, 6.07) is 9.74. The third-order valence-corrected chi connectivity index (χ3v) is 12.3. The van der Waals surface area contributed by atoms with Crippen LogP contribution in [0, 0.1) is 11.3 Å². The SMILES string of the molecule is C=CC1CC1(NC(=O)[C@@H]1C[C@@H](Oc2ncc(OC)c3ccc(Cl)cc23)CN1C(=O)[C@@H](Nc1cccc(C(=O)OC(C)(C)C)c1)C(C)(C)C)C(=O)NS(=O)(=O)C1CC1. The van der Waals surface area contributed by atoms with E-state index in [0.29, 0.717) is 40.1 Å². The maximum absolute atomic E-state index is 14.9. The molecule has 1 aliphatic heterocycles. The van der Waals surface area contributed by atoms with Gasteiger partial charge in [0.05, 0.1) is 30.7 Å². The zero-order chi connectivity index (χ0) is 41.7. The van der Waals surface area contributed by atoms with Crippen LogP contribution in [-0.2, 0) is 29.1 Å². The van der Waals surface area contributed by atoms with Crippen LogP contribution in [-0.4, -0.2) is 90.2 Å². The van der Waals surface area contributed by atoms with Crippen molar-refractivity contribution in [2.45, 2.75) is 102 Å². The van der Waals surface area contributed by atoms with Crippen LogP contribution in [0.4, 0.5) is 5.69 Å². The summed E-state index contributed by atoms with van der Waals surface area (Å²) in [7, 11) is -2.40. The molecule has 0 bridgehead atoms. The number of halogens is 1. The molecule has 3 amide bonds. The Morgan fingerprint density at radius 3 is 2.39 bits per heavy atom. The number of methoxy groups -OCH3 is 1. The molecule has 16 heteroatoms. The van der Waals surface area contributed by atoms with Crippen LogP contribution in [0.2, 0.25) is 5.02 Å². The van der Waals surface area contributed by atoms with Crippen LogP contribution in [0.3, 0.4) is 0 Å². The van der Waals surface area contributed by atoms with Gasteiger partial charge in [-0.05, 0) is 81.8 Å². The van der Waals surface area contributed by atoms with E-state index in [4.69, 9.17) is 25.8 Å². The second-order valence-electron chi connectivity index (χ2n) is 17.0. The average molecular weight is 824 g/mol. The van der Waals surface area contributed by atoms with E-state index >= 15 is 0 Å². The highest BCUT2D eigenvalue weighted by Gasteiger charge is 2.62. The third kappa shape index (κ3) is 9.14. The summed E-state index contributed by atoms with van der Waals surface area (Å²) in [4.78, 5) is 61.7. The Kier molecular flexibility index (Phi) is 11.3. The number of hydrogen-bond donors (Lipinski definition) is 3. The van der Waals surface area contributed by atoms with E-state index < -0.39 is 79.6 Å². The van der Waals surface area contributed by atoms with E-state index in [-0.39, 0.29) is 30.8 Å². The molecular formula is C41H50ClN5O9S. The molecule has 6 rings (SSSR count). The average Bonchev–Trinajstić information content (AvgIpc) is 4.06. The van der Waals surface area contributed by atoms with Crippen molar-refractivity contribution in [2.24, 2.45) is 11.3 Å². The minimum absolute atomic E-state index is 0.00909. The topological polar surface area (TPSA) is 182 Å². The van der Waals surface area contributed by atoms with Crippen LogP contribution >= 0.6 is 11.6 Å². The van der Waals surface area contributed by atoms with E-state index in [1.54, 1.807) is 63.2 Å². The number of pyridine rings is 1. The van der Waals surface area contributed by atoms with Gasteiger partial charge in [-0.1, -0.05) is 44.5 Å². The van der Waals surface area contributed by atoms with Gasteiger partial charge in [-0.3, -0.25) is 19.1 Å². The molecule has 2 aliphatic carbocycles. The smallest absolute Gasteiger partial charge is 0.338 e. The second-order valence-corrected chi connectivity index (χ2v) is 19.4. The number of amides is 3. The van der Waals surface area contributed by atoms with Gasteiger partial charge in [-0.25, -0.2) is 18.2 Å². The Hall–Kier alpha value is -4.89. The first-order chi connectivity index (χ1) is 26.7. The number of ether oxygens (including phenoxy) is 3. The Bertz CT molecular complexity index is 2220. The van der Waals surface area contributed by atoms with Gasteiger partial charge in [0, 0.05) is 33.8 Å². The maximum atomic E-state index is 14.9. The highest BCUT2D eigenvalue weighted by Crippen LogP contribution is 2.46. The number of fused-ring (bicyclic) bond motifs is 1. The molecule has 1 saturated heterocycles. The van der Waals surface area contributed by atoms with Crippen molar-refractivity contribution in [1.82, 2.24) is 19.9 Å². The van der Waals surface area contributed by atoms with E-state index in [2.05, 4.69) is 26.9 Å². The van der Waals surface area contributed by atoms with Gasteiger partial charge in [0.1, 0.15) is 35.1 Å². The van der Waals surface area contributed by atoms with Crippen LogP contribution in [0.1, 0.15) is 77.6 Å². The number of hydrogen-bond acceptors (Lipinski definition) is 11. The number of aromatic nitrogens is 1. The maximum Gasteiger partial charge on any atom is 0.338 e. The molecule has 2 saturated carbocycles. The first kappa shape index (κ1) is 41.7. The molecule has 3 aromatic rings. The predicted octanol–water partition coefficient (Wildman–Crippen LogP) is 5.40. The van der Waals surface area contributed by atoms with Crippen LogP contribution in [0.15, 0.2) is 61.3 Å². The number of rotatable bonds is 13. The standard InChI is InChI=1S/C41H50ClN5O9S/c1-9-24-20-41(24,38(51)46-57(52,53)28-14-15-28)45-34(48)31-19-27(55-35-30-18-25(42)13-16-29(30)32(54-8)21-43-35)22-47(31)36(49)33(39(2,3)4)44-26-12-10-11-23(17-26)37(50)56-40(5,6)7/h9-13,16-18,21,24,27-28,31,33,44H,1,14-15,19-20,22H2,2-8H3,(H,45,48)(H,46,51)/t24?,27-,31+,33-,41?/m1/s1. The molecule has 0 spiro atoms. The zero-order valence-corrected chi connectivity index (χ0v) is 34.8. The van der Waals surface area contributed by atoms with Crippen molar-refractivity contribution >= 4 is 61.8 Å². The molecule has 306 valence electrons. The fourth-order valence-electron chi connectivity index (χ4n) is 7.03. The highest BCUT2D eigenvalue weighted by molar-refractivity contribution is 7.91. The molecule has 0 radical (unpaired) electrons. The Labute approximate surface area is 338 Å². The number of carbonyl (C=O) groups excluding carboxylic acids is 4. The molecule has 3 N–H and O–H groups in total. The first-order valence-electron chi connectivity index (χ1n) is 18.9. The molecule has 5 atom stereocenters. The number of benzene rings is 2. The summed E-state index contributed by atoms with van der Waals surface area (Å²) in [5.41, 5.74) is -2.25. The Morgan fingerprint density at radius 2 is 1.77 bits per heavy atom. The molecule has 2 aromatic carbocycles. The molecule has 14 nitrogen and oxygen atoms in total. The van der Waals surface area contributed by atoms with Crippen molar-refractivity contribution in [3.05, 3.63) is 71.9 Å². The predicted molar refractivity (Wildman–Crippen MR) is 216 cm³/mol. The number of sulfonamides is 1. The lowest BCUT2D eigenvalue weighted by Gasteiger charge is -2.36. The third-order valence-electron chi connectivity index (χ3n) is 10.3. The summed E-state index contributed by atoms with van der Waals surface area (Å²) in [6.45, 7) is 14.7. The number of esters is 1. The zero-order valence-electron chi connectivity index (χ0n) is 33.2. The van der Waals surface area contributed by atoms with Crippen molar-refractivity contribution in [1.29, 1.82) is 0 Å². The second kappa shape index (κ2) is 15.5. The summed E-state index contributed by atoms with van der Waals surface area (Å²) in [5.74, 6) is -2.30. The quantitative estimate of drug-likeness (QED) is 0.148. The number of carbonyl (C=O) groups is 4.